The molecule has 0 saturated heterocycles. The van der Waals surface area contributed by atoms with Crippen molar-refractivity contribution in [3.63, 3.8) is 0 Å². The zero-order valence-corrected chi connectivity index (χ0v) is 9.75. The minimum atomic E-state index is -1.15. The van der Waals surface area contributed by atoms with Crippen LogP contribution in [0.3, 0.4) is 0 Å². The molecule has 1 atom stereocenters. The van der Waals surface area contributed by atoms with Gasteiger partial charge in [0, 0.05) is 18.2 Å². The lowest BCUT2D eigenvalue weighted by atomic mass is 10.1. The predicted molar refractivity (Wildman–Crippen MR) is 57.7 cm³/mol. The molecule has 0 aliphatic carbocycles. The first-order chi connectivity index (χ1) is 7.31. The molecule has 3 N–H and O–H groups in total. The number of carbonyl (C=O) groups excluding carboxylic acids is 2. The van der Waals surface area contributed by atoms with E-state index < -0.39 is 17.9 Å². The molecule has 1 unspecified atom stereocenters. The number of hydrogen-bond acceptors (Lipinski definition) is 3. The summed E-state index contributed by atoms with van der Waals surface area (Å²) in [4.78, 5) is 33.2. The molecule has 6 heteroatoms. The van der Waals surface area contributed by atoms with Crippen molar-refractivity contribution >= 4 is 17.8 Å². The summed E-state index contributed by atoms with van der Waals surface area (Å²) in [5.74, 6) is -2.05. The number of carbonyl (C=O) groups is 3. The number of carboxylic acids is 1. The van der Waals surface area contributed by atoms with E-state index in [0.29, 0.717) is 0 Å². The summed E-state index contributed by atoms with van der Waals surface area (Å²) >= 11 is 0. The minimum Gasteiger partial charge on any atom is -0.478 e. The molecule has 0 aliphatic heterocycles. The third-order valence-corrected chi connectivity index (χ3v) is 2.21. The highest BCUT2D eigenvalue weighted by Crippen LogP contribution is 2.03. The first-order valence-corrected chi connectivity index (χ1v) is 4.74. The Labute approximate surface area is 93.7 Å². The summed E-state index contributed by atoms with van der Waals surface area (Å²) in [7, 11) is 1.45. The van der Waals surface area contributed by atoms with Crippen LogP contribution in [0.15, 0.2) is 11.1 Å². The highest BCUT2D eigenvalue weighted by Gasteiger charge is 2.17. The minimum absolute atomic E-state index is 0.0402. The molecule has 0 aliphatic rings. The molecule has 0 rings (SSSR count). The van der Waals surface area contributed by atoms with Gasteiger partial charge < -0.3 is 15.7 Å². The van der Waals surface area contributed by atoms with E-state index >= 15 is 0 Å². The molecule has 0 aromatic rings. The summed E-state index contributed by atoms with van der Waals surface area (Å²) in [5, 5.41) is 13.4. The van der Waals surface area contributed by atoms with Gasteiger partial charge in [0.05, 0.1) is 0 Å². The van der Waals surface area contributed by atoms with Gasteiger partial charge in [0.2, 0.25) is 11.8 Å². The Kier molecular flexibility index (Phi) is 5.21. The van der Waals surface area contributed by atoms with Gasteiger partial charge in [-0.2, -0.15) is 0 Å². The number of aliphatic carboxylic acids is 1. The molecule has 0 spiro atoms. The number of likely N-dealkylation sites (N-methyl/N-ethyl adjacent to an activating group) is 1. The SMILES string of the molecule is CNC(=O)C(C)NC(=O)C(C)=C(C)C(=O)O. The lowest BCUT2D eigenvalue weighted by Gasteiger charge is -2.13. The summed E-state index contributed by atoms with van der Waals surface area (Å²) in [6.45, 7) is 4.25. The Morgan fingerprint density at radius 2 is 1.62 bits per heavy atom. The van der Waals surface area contributed by atoms with Crippen LogP contribution in [0.5, 0.6) is 0 Å². The fourth-order valence-corrected chi connectivity index (χ4v) is 0.918. The second kappa shape index (κ2) is 5.89. The molecule has 0 aromatic carbocycles. The van der Waals surface area contributed by atoms with Gasteiger partial charge in [-0.25, -0.2) is 4.79 Å². The third-order valence-electron chi connectivity index (χ3n) is 2.21. The van der Waals surface area contributed by atoms with Crippen LogP contribution >= 0.6 is 0 Å². The van der Waals surface area contributed by atoms with Crippen molar-refractivity contribution in [2.45, 2.75) is 26.8 Å². The van der Waals surface area contributed by atoms with E-state index in [-0.39, 0.29) is 17.1 Å². The molecule has 16 heavy (non-hydrogen) atoms. The van der Waals surface area contributed by atoms with Gasteiger partial charge in [-0.05, 0) is 20.8 Å². The van der Waals surface area contributed by atoms with Crippen LogP contribution in [-0.4, -0.2) is 36.0 Å². The van der Waals surface area contributed by atoms with E-state index in [4.69, 9.17) is 5.11 Å². The van der Waals surface area contributed by atoms with Crippen molar-refractivity contribution in [2.24, 2.45) is 0 Å². The molecule has 0 heterocycles. The van der Waals surface area contributed by atoms with Crippen molar-refractivity contribution < 1.29 is 19.5 Å². The first-order valence-electron chi connectivity index (χ1n) is 4.74. The van der Waals surface area contributed by atoms with Gasteiger partial charge in [0.1, 0.15) is 6.04 Å². The highest BCUT2D eigenvalue weighted by molar-refractivity contribution is 6.02. The van der Waals surface area contributed by atoms with Crippen molar-refractivity contribution in [1.29, 1.82) is 0 Å². The Bertz CT molecular complexity index is 347. The molecular formula is C10H16N2O4. The van der Waals surface area contributed by atoms with Crippen molar-refractivity contribution in [1.82, 2.24) is 10.6 Å². The molecule has 0 fully saturated rings. The van der Waals surface area contributed by atoms with Crippen LogP contribution in [0.1, 0.15) is 20.8 Å². The quantitative estimate of drug-likeness (QED) is 0.573. The zero-order valence-electron chi connectivity index (χ0n) is 9.75. The third kappa shape index (κ3) is 3.72. The molecule has 6 nitrogen and oxygen atoms in total. The average Bonchev–Trinajstić information content (AvgIpc) is 2.25. The molecule has 0 bridgehead atoms. The Hall–Kier alpha value is -1.85. The normalized spacial score (nSPS) is 13.5. The van der Waals surface area contributed by atoms with Crippen LogP contribution in [0.25, 0.3) is 0 Å². The van der Waals surface area contributed by atoms with Gasteiger partial charge in [0.25, 0.3) is 0 Å². The van der Waals surface area contributed by atoms with Gasteiger partial charge in [-0.15, -0.1) is 0 Å². The van der Waals surface area contributed by atoms with Gasteiger partial charge in [-0.1, -0.05) is 0 Å². The average molecular weight is 228 g/mol. The fraction of sp³-hybridized carbons (Fsp3) is 0.500. The number of nitrogens with one attached hydrogen (secondary N) is 2. The maximum Gasteiger partial charge on any atom is 0.331 e. The lowest BCUT2D eigenvalue weighted by Crippen LogP contribution is -2.44. The topological polar surface area (TPSA) is 95.5 Å². The fourth-order valence-electron chi connectivity index (χ4n) is 0.918. The van der Waals surface area contributed by atoms with Gasteiger partial charge in [-0.3, -0.25) is 9.59 Å². The molecule has 2 amide bonds. The Morgan fingerprint density at radius 1 is 1.12 bits per heavy atom. The summed E-state index contributed by atoms with van der Waals surface area (Å²) in [6.07, 6.45) is 0. The molecule has 0 radical (unpaired) electrons. The standard InChI is InChI=1S/C10H16N2O4/c1-5(6(2)10(15)16)8(13)12-7(3)9(14)11-4/h7H,1-4H3,(H,11,14)(H,12,13)(H,15,16). The zero-order chi connectivity index (χ0) is 12.9. The van der Waals surface area contributed by atoms with E-state index in [9.17, 15) is 14.4 Å². The molecule has 0 saturated carbocycles. The maximum atomic E-state index is 11.5. The van der Waals surface area contributed by atoms with E-state index in [2.05, 4.69) is 10.6 Å². The Balaban J connectivity index is 4.66. The van der Waals surface area contributed by atoms with Gasteiger partial charge >= 0.3 is 5.97 Å². The maximum absolute atomic E-state index is 11.5. The smallest absolute Gasteiger partial charge is 0.331 e. The van der Waals surface area contributed by atoms with Crippen molar-refractivity contribution in [3.05, 3.63) is 11.1 Å². The number of rotatable bonds is 4. The largest absolute Gasteiger partial charge is 0.478 e. The van der Waals surface area contributed by atoms with Crippen molar-refractivity contribution in [3.8, 4) is 0 Å². The monoisotopic (exact) mass is 228 g/mol. The van der Waals surface area contributed by atoms with Crippen LogP contribution in [0, 0.1) is 0 Å². The predicted octanol–water partition coefficient (Wildman–Crippen LogP) is -0.342. The second-order valence-electron chi connectivity index (χ2n) is 3.36. The van der Waals surface area contributed by atoms with Crippen molar-refractivity contribution in [2.75, 3.05) is 7.05 Å². The molecular weight excluding hydrogens is 212 g/mol. The van der Waals surface area contributed by atoms with E-state index in [1.807, 2.05) is 0 Å². The van der Waals surface area contributed by atoms with Crippen LogP contribution < -0.4 is 10.6 Å². The Morgan fingerprint density at radius 3 is 2.00 bits per heavy atom. The second-order valence-corrected chi connectivity index (χ2v) is 3.36. The van der Waals surface area contributed by atoms with Crippen LogP contribution in [-0.2, 0) is 14.4 Å². The van der Waals surface area contributed by atoms with Gasteiger partial charge in [0.15, 0.2) is 0 Å². The molecule has 90 valence electrons. The number of amides is 2. The number of hydrogen-bond donors (Lipinski definition) is 3. The van der Waals surface area contributed by atoms with Crippen LogP contribution in [0.4, 0.5) is 0 Å². The lowest BCUT2D eigenvalue weighted by molar-refractivity contribution is -0.133. The first kappa shape index (κ1) is 14.2. The summed E-state index contributed by atoms with van der Waals surface area (Å²) in [6, 6.07) is -0.700. The number of carboxylic acid groups (broad SMARTS) is 1. The molecule has 0 aromatic heterocycles. The van der Waals surface area contributed by atoms with Crippen LogP contribution in [0.2, 0.25) is 0 Å². The van der Waals surface area contributed by atoms with E-state index in [1.165, 1.54) is 27.8 Å². The summed E-state index contributed by atoms with van der Waals surface area (Å²) < 4.78 is 0. The highest BCUT2D eigenvalue weighted by atomic mass is 16.4. The van der Waals surface area contributed by atoms with E-state index in [0.717, 1.165) is 0 Å². The van der Waals surface area contributed by atoms with E-state index in [1.54, 1.807) is 0 Å². The summed E-state index contributed by atoms with van der Waals surface area (Å²) in [5.41, 5.74) is 0.0462.